The number of aliphatic carboxylic acids is 1. The van der Waals surface area contributed by atoms with Crippen molar-refractivity contribution in [1.29, 1.82) is 0 Å². The molecule has 0 radical (unpaired) electrons. The second-order valence-corrected chi connectivity index (χ2v) is 8.24. The van der Waals surface area contributed by atoms with Crippen molar-refractivity contribution in [3.05, 3.63) is 119 Å². The Morgan fingerprint density at radius 3 is 2.32 bits per heavy atom. The number of nitrogens with one attached hydrogen (secondary N) is 1. The predicted octanol–water partition coefficient (Wildman–Crippen LogP) is 7.18. The fourth-order valence-electron chi connectivity index (χ4n) is 4.47. The molecule has 34 heavy (non-hydrogen) atoms. The molecule has 0 unspecified atom stereocenters. The van der Waals surface area contributed by atoms with Crippen LogP contribution in [-0.2, 0) is 4.79 Å². The molecule has 0 aliphatic carbocycles. The van der Waals surface area contributed by atoms with Crippen molar-refractivity contribution in [3.8, 4) is 0 Å². The number of hydrogen-bond donors (Lipinski definition) is 2. The molecule has 0 saturated carbocycles. The van der Waals surface area contributed by atoms with Crippen molar-refractivity contribution in [1.82, 2.24) is 10.2 Å². The maximum absolute atomic E-state index is 10.9. The Bertz CT molecular complexity index is 1560. The topological polar surface area (TPSA) is 66.0 Å². The molecule has 1 heterocycles. The van der Waals surface area contributed by atoms with Crippen LogP contribution in [0.5, 0.6) is 0 Å². The lowest BCUT2D eigenvalue weighted by Crippen LogP contribution is -1.95. The highest BCUT2D eigenvalue weighted by Gasteiger charge is 2.14. The summed E-state index contributed by atoms with van der Waals surface area (Å²) >= 11 is 0. The third kappa shape index (κ3) is 4.26. The summed E-state index contributed by atoms with van der Waals surface area (Å²) in [4.78, 5) is 10.9. The SMILES string of the molecule is CC/C(=C(/c1ccc2cc(/C=C/C(=O)O)ccc2c1)c1ccc2[nH]ncc2c1)c1ccccc1. The van der Waals surface area contributed by atoms with E-state index in [1.54, 1.807) is 6.08 Å². The fraction of sp³-hybridized carbons (Fsp3) is 0.0667. The van der Waals surface area contributed by atoms with Gasteiger partial charge < -0.3 is 5.11 Å². The summed E-state index contributed by atoms with van der Waals surface area (Å²) in [5.41, 5.74) is 7.86. The quantitative estimate of drug-likeness (QED) is 0.215. The Kier molecular flexibility index (Phi) is 5.79. The van der Waals surface area contributed by atoms with Gasteiger partial charge in [0.1, 0.15) is 0 Å². The fourth-order valence-corrected chi connectivity index (χ4v) is 4.47. The molecule has 0 aliphatic heterocycles. The second-order valence-electron chi connectivity index (χ2n) is 8.24. The van der Waals surface area contributed by atoms with Gasteiger partial charge >= 0.3 is 5.97 Å². The van der Waals surface area contributed by atoms with E-state index < -0.39 is 5.97 Å². The van der Waals surface area contributed by atoms with Gasteiger partial charge in [0, 0.05) is 11.5 Å². The summed E-state index contributed by atoms with van der Waals surface area (Å²) in [5.74, 6) is -0.951. The minimum absolute atomic E-state index is 0.863. The van der Waals surface area contributed by atoms with E-state index in [0.29, 0.717) is 0 Å². The first-order valence-electron chi connectivity index (χ1n) is 11.3. The molecule has 5 rings (SSSR count). The van der Waals surface area contributed by atoms with Gasteiger partial charge in [0.2, 0.25) is 0 Å². The van der Waals surface area contributed by atoms with Crippen LogP contribution >= 0.6 is 0 Å². The number of allylic oxidation sites excluding steroid dienone is 1. The van der Waals surface area contributed by atoms with Crippen LogP contribution in [0.2, 0.25) is 0 Å². The van der Waals surface area contributed by atoms with Gasteiger partial charge in [0.15, 0.2) is 0 Å². The largest absolute Gasteiger partial charge is 0.478 e. The first kappa shape index (κ1) is 21.4. The van der Waals surface area contributed by atoms with Gasteiger partial charge in [-0.05, 0) is 80.9 Å². The lowest BCUT2D eigenvalue weighted by Gasteiger charge is -2.17. The number of carbonyl (C=O) groups is 1. The summed E-state index contributed by atoms with van der Waals surface area (Å²) in [6, 6.07) is 29.4. The summed E-state index contributed by atoms with van der Waals surface area (Å²) in [5, 5.41) is 19.4. The van der Waals surface area contributed by atoms with Gasteiger partial charge in [-0.15, -0.1) is 0 Å². The van der Waals surface area contributed by atoms with Gasteiger partial charge in [0.05, 0.1) is 11.7 Å². The molecule has 4 aromatic carbocycles. The molecular formula is C30H24N2O2. The number of aromatic amines is 1. The summed E-state index contributed by atoms with van der Waals surface area (Å²) in [6.07, 6.45) is 5.53. The zero-order chi connectivity index (χ0) is 23.5. The third-order valence-corrected chi connectivity index (χ3v) is 6.08. The Hall–Kier alpha value is -4.44. The van der Waals surface area contributed by atoms with Gasteiger partial charge in [-0.1, -0.05) is 67.6 Å². The first-order chi connectivity index (χ1) is 16.6. The van der Waals surface area contributed by atoms with Crippen LogP contribution in [0.4, 0.5) is 0 Å². The maximum Gasteiger partial charge on any atom is 0.328 e. The number of nitrogens with zero attached hydrogens (tertiary/aromatic N) is 1. The van der Waals surface area contributed by atoms with Crippen molar-refractivity contribution in [2.75, 3.05) is 0 Å². The van der Waals surface area contributed by atoms with Crippen LogP contribution < -0.4 is 0 Å². The predicted molar refractivity (Wildman–Crippen MR) is 139 cm³/mol. The summed E-state index contributed by atoms with van der Waals surface area (Å²) in [6.45, 7) is 2.20. The van der Waals surface area contributed by atoms with Gasteiger partial charge in [0.25, 0.3) is 0 Å². The number of aromatic nitrogens is 2. The third-order valence-electron chi connectivity index (χ3n) is 6.08. The minimum atomic E-state index is -0.951. The van der Waals surface area contributed by atoms with E-state index >= 15 is 0 Å². The number of rotatable bonds is 6. The number of H-pyrrole nitrogens is 1. The average Bonchev–Trinajstić information content (AvgIpc) is 3.34. The number of benzene rings is 4. The standard InChI is InChI=1S/C30H24N2O2/c1-2-27(21-6-4-3-5-7-21)30(25-13-14-28-26(18-25)19-31-32-28)24-12-11-22-16-20(9-15-29(33)34)8-10-23(22)17-24/h3-19H,2H2,1H3,(H,31,32)(H,33,34)/b15-9+,30-27+. The van der Waals surface area contributed by atoms with Gasteiger partial charge in [-0.2, -0.15) is 5.10 Å². The van der Waals surface area contributed by atoms with Crippen LogP contribution in [-0.4, -0.2) is 21.3 Å². The van der Waals surface area contributed by atoms with E-state index in [4.69, 9.17) is 5.11 Å². The Morgan fingerprint density at radius 1 is 0.853 bits per heavy atom. The number of carboxylic acids is 1. The van der Waals surface area contributed by atoms with Crippen LogP contribution in [0.3, 0.4) is 0 Å². The lowest BCUT2D eigenvalue weighted by molar-refractivity contribution is -0.131. The highest BCUT2D eigenvalue weighted by molar-refractivity contribution is 6.02. The number of fused-ring (bicyclic) bond motifs is 2. The van der Waals surface area contributed by atoms with Crippen LogP contribution in [0, 0.1) is 0 Å². The van der Waals surface area contributed by atoms with Crippen LogP contribution in [0.25, 0.3) is 38.9 Å². The molecule has 5 aromatic rings. The summed E-state index contributed by atoms with van der Waals surface area (Å²) in [7, 11) is 0. The van der Waals surface area contributed by atoms with Crippen molar-refractivity contribution in [3.63, 3.8) is 0 Å². The molecule has 0 saturated heterocycles. The molecule has 0 amide bonds. The first-order valence-corrected chi connectivity index (χ1v) is 11.3. The van der Waals surface area contributed by atoms with E-state index in [9.17, 15) is 4.79 Å². The zero-order valence-corrected chi connectivity index (χ0v) is 18.8. The monoisotopic (exact) mass is 444 g/mol. The maximum atomic E-state index is 10.9. The molecule has 0 fully saturated rings. The Labute approximate surface area is 197 Å². The zero-order valence-electron chi connectivity index (χ0n) is 18.8. The molecule has 4 nitrogen and oxygen atoms in total. The average molecular weight is 445 g/mol. The molecule has 1 aromatic heterocycles. The van der Waals surface area contributed by atoms with Crippen molar-refractivity contribution in [2.45, 2.75) is 13.3 Å². The molecule has 0 atom stereocenters. The number of hydrogen-bond acceptors (Lipinski definition) is 2. The lowest BCUT2D eigenvalue weighted by atomic mass is 9.87. The normalized spacial score (nSPS) is 12.4. The van der Waals surface area contributed by atoms with E-state index in [1.165, 1.54) is 16.7 Å². The highest BCUT2D eigenvalue weighted by Crippen LogP contribution is 2.36. The van der Waals surface area contributed by atoms with Crippen LogP contribution in [0.1, 0.15) is 35.6 Å². The van der Waals surface area contributed by atoms with E-state index in [-0.39, 0.29) is 0 Å². The highest BCUT2D eigenvalue weighted by atomic mass is 16.4. The van der Waals surface area contributed by atoms with Gasteiger partial charge in [-0.3, -0.25) is 5.10 Å². The van der Waals surface area contributed by atoms with Crippen molar-refractivity contribution < 1.29 is 9.90 Å². The molecule has 0 bridgehead atoms. The van der Waals surface area contributed by atoms with E-state index in [1.807, 2.05) is 30.5 Å². The minimum Gasteiger partial charge on any atom is -0.478 e. The smallest absolute Gasteiger partial charge is 0.328 e. The molecule has 0 aliphatic rings. The summed E-state index contributed by atoms with van der Waals surface area (Å²) < 4.78 is 0. The number of carboxylic acid groups (broad SMARTS) is 1. The molecule has 2 N–H and O–H groups in total. The molecule has 4 heteroatoms. The van der Waals surface area contributed by atoms with E-state index in [2.05, 4.69) is 77.8 Å². The molecule has 0 spiro atoms. The van der Waals surface area contributed by atoms with Crippen LogP contribution in [0.15, 0.2) is 97.2 Å². The molecule has 166 valence electrons. The van der Waals surface area contributed by atoms with Crippen molar-refractivity contribution >= 4 is 44.9 Å². The molecular weight excluding hydrogens is 420 g/mol. The van der Waals surface area contributed by atoms with Crippen molar-refractivity contribution in [2.24, 2.45) is 0 Å². The Morgan fingerprint density at radius 2 is 1.56 bits per heavy atom. The second kappa shape index (κ2) is 9.20. The van der Waals surface area contributed by atoms with Gasteiger partial charge in [-0.25, -0.2) is 4.79 Å². The Balaban J connectivity index is 1.70. The van der Waals surface area contributed by atoms with E-state index in [0.717, 1.165) is 50.9 Å².